The van der Waals surface area contributed by atoms with Crippen LogP contribution in [0.2, 0.25) is 0 Å². The second-order valence-electron chi connectivity index (χ2n) is 4.41. The second kappa shape index (κ2) is 7.53. The van der Waals surface area contributed by atoms with Gasteiger partial charge in [0.05, 0.1) is 0 Å². The molecule has 0 aliphatic rings. The van der Waals surface area contributed by atoms with E-state index in [4.69, 9.17) is 5.73 Å². The Bertz CT molecular complexity index is 429. The lowest BCUT2D eigenvalue weighted by molar-refractivity contribution is -0.124. The van der Waals surface area contributed by atoms with Crippen molar-refractivity contribution in [2.75, 3.05) is 13.1 Å². The Labute approximate surface area is 113 Å². The average Bonchev–Trinajstić information content (AvgIpc) is 2.44. The Morgan fingerprint density at radius 3 is 2.37 bits per heavy atom. The van der Waals surface area contributed by atoms with Crippen LogP contribution >= 0.6 is 0 Å². The monoisotopic (exact) mass is 263 g/mol. The van der Waals surface area contributed by atoms with Gasteiger partial charge in [0.15, 0.2) is 0 Å². The maximum Gasteiger partial charge on any atom is 0.251 e. The molecule has 2 amide bonds. The molecular formula is C14H21N3O2. The molecule has 0 saturated heterocycles. The highest BCUT2D eigenvalue weighted by atomic mass is 16.2. The van der Waals surface area contributed by atoms with Crippen molar-refractivity contribution < 1.29 is 9.59 Å². The van der Waals surface area contributed by atoms with Crippen molar-refractivity contribution in [1.29, 1.82) is 0 Å². The van der Waals surface area contributed by atoms with E-state index in [9.17, 15) is 9.59 Å². The molecule has 0 aliphatic carbocycles. The minimum absolute atomic E-state index is 0.0599. The quantitative estimate of drug-likeness (QED) is 0.704. The van der Waals surface area contributed by atoms with Crippen LogP contribution in [0.5, 0.6) is 0 Å². The number of amides is 2. The predicted octanol–water partition coefficient (Wildman–Crippen LogP) is 0.647. The molecule has 0 saturated carbocycles. The predicted molar refractivity (Wildman–Crippen MR) is 74.5 cm³/mol. The first-order chi connectivity index (χ1) is 9.08. The van der Waals surface area contributed by atoms with Crippen molar-refractivity contribution in [2.24, 2.45) is 11.7 Å². The van der Waals surface area contributed by atoms with Crippen LogP contribution in [-0.2, 0) is 11.3 Å². The summed E-state index contributed by atoms with van der Waals surface area (Å²) in [6, 6.07) is 7.16. The topological polar surface area (TPSA) is 84.2 Å². The minimum Gasteiger partial charge on any atom is -0.352 e. The van der Waals surface area contributed by atoms with Crippen molar-refractivity contribution in [3.05, 3.63) is 35.4 Å². The van der Waals surface area contributed by atoms with E-state index >= 15 is 0 Å². The Morgan fingerprint density at radius 2 is 1.84 bits per heavy atom. The summed E-state index contributed by atoms with van der Waals surface area (Å²) >= 11 is 0. The lowest BCUT2D eigenvalue weighted by Crippen LogP contribution is -2.32. The van der Waals surface area contributed by atoms with E-state index < -0.39 is 0 Å². The van der Waals surface area contributed by atoms with Gasteiger partial charge in [-0.15, -0.1) is 0 Å². The van der Waals surface area contributed by atoms with Crippen LogP contribution in [0.3, 0.4) is 0 Å². The molecule has 104 valence electrons. The summed E-state index contributed by atoms with van der Waals surface area (Å²) in [5, 5.41) is 5.54. The first-order valence-corrected chi connectivity index (χ1v) is 6.43. The van der Waals surface area contributed by atoms with Crippen molar-refractivity contribution in [1.82, 2.24) is 10.6 Å². The fraction of sp³-hybridized carbons (Fsp3) is 0.429. The molecule has 4 N–H and O–H groups in total. The van der Waals surface area contributed by atoms with Crippen molar-refractivity contribution >= 4 is 11.8 Å². The number of carbonyl (C=O) groups is 2. The number of carbonyl (C=O) groups excluding carboxylic acids is 2. The molecule has 0 aromatic heterocycles. The fourth-order valence-corrected chi connectivity index (χ4v) is 1.51. The third-order valence-corrected chi connectivity index (χ3v) is 2.82. The smallest absolute Gasteiger partial charge is 0.251 e. The van der Waals surface area contributed by atoms with Crippen LogP contribution in [0.1, 0.15) is 29.8 Å². The molecule has 0 radical (unpaired) electrons. The van der Waals surface area contributed by atoms with Crippen molar-refractivity contribution in [3.63, 3.8) is 0 Å². The van der Waals surface area contributed by atoms with E-state index in [0.29, 0.717) is 25.2 Å². The van der Waals surface area contributed by atoms with E-state index in [1.165, 1.54) is 0 Å². The molecular weight excluding hydrogens is 242 g/mol. The number of nitrogens with one attached hydrogen (secondary N) is 2. The molecule has 19 heavy (non-hydrogen) atoms. The Morgan fingerprint density at radius 1 is 1.21 bits per heavy atom. The highest BCUT2D eigenvalue weighted by Gasteiger charge is 2.10. The molecule has 1 aromatic carbocycles. The van der Waals surface area contributed by atoms with Gasteiger partial charge in [0.2, 0.25) is 5.91 Å². The van der Waals surface area contributed by atoms with Gasteiger partial charge < -0.3 is 16.4 Å². The summed E-state index contributed by atoms with van der Waals surface area (Å²) in [5.74, 6) is -0.334. The van der Waals surface area contributed by atoms with E-state index in [1.54, 1.807) is 19.1 Å². The maximum atomic E-state index is 11.6. The van der Waals surface area contributed by atoms with Gasteiger partial charge in [-0.3, -0.25) is 9.59 Å². The molecule has 0 aliphatic heterocycles. The minimum atomic E-state index is -0.186. The average molecular weight is 263 g/mol. The van der Waals surface area contributed by atoms with Crippen LogP contribution in [0.15, 0.2) is 24.3 Å². The molecule has 1 aromatic rings. The molecule has 5 nitrogen and oxygen atoms in total. The summed E-state index contributed by atoms with van der Waals surface area (Å²) in [4.78, 5) is 23.1. The van der Waals surface area contributed by atoms with Crippen molar-refractivity contribution in [2.45, 2.75) is 20.4 Å². The standard InChI is InChI=1S/C14H21N3O2/c1-3-16-14(19)12-6-4-11(5-7-12)9-17-13(18)10(2)8-15/h4-7,10H,3,8-9,15H2,1-2H3,(H,16,19)(H,17,18). The van der Waals surface area contributed by atoms with Crippen LogP contribution in [-0.4, -0.2) is 24.9 Å². The Kier molecular flexibility index (Phi) is 6.02. The molecule has 0 spiro atoms. The van der Waals surface area contributed by atoms with Crippen LogP contribution in [0.25, 0.3) is 0 Å². The number of nitrogens with two attached hydrogens (primary N) is 1. The molecule has 0 fully saturated rings. The van der Waals surface area contributed by atoms with E-state index in [0.717, 1.165) is 5.56 Å². The fourth-order valence-electron chi connectivity index (χ4n) is 1.51. The summed E-state index contributed by atoms with van der Waals surface area (Å²) in [6.07, 6.45) is 0. The van der Waals surface area contributed by atoms with E-state index in [2.05, 4.69) is 10.6 Å². The highest BCUT2D eigenvalue weighted by molar-refractivity contribution is 5.94. The summed E-state index contributed by atoms with van der Waals surface area (Å²) in [7, 11) is 0. The maximum absolute atomic E-state index is 11.6. The first-order valence-electron chi connectivity index (χ1n) is 6.43. The normalized spacial score (nSPS) is 11.7. The zero-order valence-electron chi connectivity index (χ0n) is 11.4. The summed E-state index contributed by atoms with van der Waals surface area (Å²) < 4.78 is 0. The van der Waals surface area contributed by atoms with E-state index in [-0.39, 0.29) is 17.7 Å². The van der Waals surface area contributed by atoms with Gasteiger partial charge in [-0.1, -0.05) is 19.1 Å². The summed E-state index contributed by atoms with van der Waals surface area (Å²) in [5.41, 5.74) is 6.99. The van der Waals surface area contributed by atoms with Gasteiger partial charge in [-0.05, 0) is 24.6 Å². The molecule has 1 rings (SSSR count). The zero-order chi connectivity index (χ0) is 14.3. The van der Waals surface area contributed by atoms with Gasteiger partial charge >= 0.3 is 0 Å². The van der Waals surface area contributed by atoms with Gasteiger partial charge in [0, 0.05) is 31.1 Å². The van der Waals surface area contributed by atoms with Crippen LogP contribution in [0, 0.1) is 5.92 Å². The Balaban J connectivity index is 2.53. The third kappa shape index (κ3) is 4.71. The van der Waals surface area contributed by atoms with Crippen LogP contribution < -0.4 is 16.4 Å². The molecule has 0 heterocycles. The SMILES string of the molecule is CCNC(=O)c1ccc(CNC(=O)C(C)CN)cc1. The van der Waals surface area contributed by atoms with Gasteiger partial charge in [-0.2, -0.15) is 0 Å². The van der Waals surface area contributed by atoms with Gasteiger partial charge in [-0.25, -0.2) is 0 Å². The second-order valence-corrected chi connectivity index (χ2v) is 4.41. The van der Waals surface area contributed by atoms with Gasteiger partial charge in [0.25, 0.3) is 5.91 Å². The number of benzene rings is 1. The number of hydrogen-bond donors (Lipinski definition) is 3. The summed E-state index contributed by atoms with van der Waals surface area (Å²) in [6.45, 7) is 5.04. The number of hydrogen-bond acceptors (Lipinski definition) is 3. The molecule has 5 heteroatoms. The molecule has 0 bridgehead atoms. The molecule has 1 atom stereocenters. The van der Waals surface area contributed by atoms with Crippen LogP contribution in [0.4, 0.5) is 0 Å². The lowest BCUT2D eigenvalue weighted by atomic mass is 10.1. The highest BCUT2D eigenvalue weighted by Crippen LogP contribution is 2.04. The first kappa shape index (κ1) is 15.2. The van der Waals surface area contributed by atoms with E-state index in [1.807, 2.05) is 19.1 Å². The van der Waals surface area contributed by atoms with Gasteiger partial charge in [0.1, 0.15) is 0 Å². The third-order valence-electron chi connectivity index (χ3n) is 2.82. The largest absolute Gasteiger partial charge is 0.352 e. The number of rotatable bonds is 6. The zero-order valence-corrected chi connectivity index (χ0v) is 11.4. The molecule has 1 unspecified atom stereocenters. The van der Waals surface area contributed by atoms with Crippen molar-refractivity contribution in [3.8, 4) is 0 Å². The lowest BCUT2D eigenvalue weighted by Gasteiger charge is -2.10. The Hall–Kier alpha value is -1.88.